The molecule has 1 aromatic heterocycles. The van der Waals surface area contributed by atoms with Gasteiger partial charge in [0.15, 0.2) is 11.6 Å². The summed E-state index contributed by atoms with van der Waals surface area (Å²) in [6.07, 6.45) is 6.24. The third-order valence-electron chi connectivity index (χ3n) is 6.85. The van der Waals surface area contributed by atoms with Gasteiger partial charge in [0.05, 0.1) is 5.69 Å². The number of aromatic nitrogens is 3. The van der Waals surface area contributed by atoms with E-state index in [9.17, 15) is 0 Å². The molecule has 3 heteroatoms. The summed E-state index contributed by atoms with van der Waals surface area (Å²) < 4.78 is 2.28. The van der Waals surface area contributed by atoms with Crippen LogP contribution in [0.5, 0.6) is 0 Å². The van der Waals surface area contributed by atoms with Crippen LogP contribution in [0.3, 0.4) is 0 Å². The molecule has 188 valence electrons. The summed E-state index contributed by atoms with van der Waals surface area (Å²) in [5.74, 6) is 1.77. The monoisotopic (exact) mass is 479 g/mol. The standard InChI is InChI=1S/C33H41N3/c1-8-9-10-11-14-26-16-17-30(29(22-26)33(5,6)7)36-31(27-15-12-13-23(2)19-27)34-35-32(36)28-20-24(3)18-25(4)21-28/h12-13,15-22H,8-11,14H2,1-7H3. The Hall–Kier alpha value is -3.20. The summed E-state index contributed by atoms with van der Waals surface area (Å²) in [5, 5.41) is 9.55. The Bertz CT molecular complexity index is 1320. The topological polar surface area (TPSA) is 30.7 Å². The molecule has 4 aromatic rings. The van der Waals surface area contributed by atoms with Gasteiger partial charge in [0.25, 0.3) is 0 Å². The van der Waals surface area contributed by atoms with E-state index in [1.54, 1.807) is 0 Å². The fourth-order valence-electron chi connectivity index (χ4n) is 5.06. The van der Waals surface area contributed by atoms with Gasteiger partial charge in [-0.1, -0.05) is 100 Å². The molecule has 0 aliphatic heterocycles. The predicted molar refractivity (Wildman–Crippen MR) is 153 cm³/mol. The lowest BCUT2D eigenvalue weighted by molar-refractivity contribution is 0.584. The fraction of sp³-hybridized carbons (Fsp3) is 0.394. The number of nitrogens with zero attached hydrogens (tertiary/aromatic N) is 3. The molecule has 0 radical (unpaired) electrons. The van der Waals surface area contributed by atoms with Crippen molar-refractivity contribution >= 4 is 0 Å². The Morgan fingerprint density at radius 1 is 0.694 bits per heavy atom. The number of hydrogen-bond acceptors (Lipinski definition) is 2. The average Bonchev–Trinajstić information content (AvgIpc) is 3.26. The van der Waals surface area contributed by atoms with Crippen molar-refractivity contribution in [1.29, 1.82) is 0 Å². The zero-order valence-corrected chi connectivity index (χ0v) is 23.2. The van der Waals surface area contributed by atoms with Gasteiger partial charge < -0.3 is 0 Å². The van der Waals surface area contributed by atoms with Crippen molar-refractivity contribution in [3.63, 3.8) is 0 Å². The van der Waals surface area contributed by atoms with Crippen molar-refractivity contribution in [2.24, 2.45) is 0 Å². The molecule has 36 heavy (non-hydrogen) atoms. The maximum atomic E-state index is 4.78. The summed E-state index contributed by atoms with van der Waals surface area (Å²) in [6, 6.07) is 22.2. The van der Waals surface area contributed by atoms with Crippen LogP contribution in [0, 0.1) is 20.8 Å². The quantitative estimate of drug-likeness (QED) is 0.236. The third-order valence-corrected chi connectivity index (χ3v) is 6.85. The molecule has 0 saturated carbocycles. The van der Waals surface area contributed by atoms with E-state index in [0.717, 1.165) is 34.9 Å². The molecule has 0 N–H and O–H groups in total. The van der Waals surface area contributed by atoms with Gasteiger partial charge in [-0.25, -0.2) is 0 Å². The molecule has 3 nitrogen and oxygen atoms in total. The highest BCUT2D eigenvalue weighted by molar-refractivity contribution is 5.69. The first kappa shape index (κ1) is 25.9. The molecule has 3 aromatic carbocycles. The second-order valence-corrected chi connectivity index (χ2v) is 11.3. The van der Waals surface area contributed by atoms with E-state index in [-0.39, 0.29) is 5.41 Å². The van der Waals surface area contributed by atoms with Crippen molar-refractivity contribution < 1.29 is 0 Å². The van der Waals surface area contributed by atoms with Gasteiger partial charge in [-0.2, -0.15) is 0 Å². The lowest BCUT2D eigenvalue weighted by Gasteiger charge is -2.26. The first-order chi connectivity index (χ1) is 17.2. The normalized spacial score (nSPS) is 11.8. The molecule has 0 aliphatic carbocycles. The molecule has 0 aliphatic rings. The van der Waals surface area contributed by atoms with E-state index < -0.39 is 0 Å². The number of rotatable bonds is 8. The molecular formula is C33H41N3. The Morgan fingerprint density at radius 2 is 1.36 bits per heavy atom. The summed E-state index contributed by atoms with van der Waals surface area (Å²) in [4.78, 5) is 0. The predicted octanol–water partition coefficient (Wildman–Crippen LogP) is 8.95. The average molecular weight is 480 g/mol. The Kier molecular flexibility index (Phi) is 7.78. The first-order valence-corrected chi connectivity index (χ1v) is 13.4. The van der Waals surface area contributed by atoms with Crippen LogP contribution in [0.25, 0.3) is 28.5 Å². The number of aryl methyl sites for hydroxylation is 4. The second-order valence-electron chi connectivity index (χ2n) is 11.3. The first-order valence-electron chi connectivity index (χ1n) is 13.4. The van der Waals surface area contributed by atoms with Crippen molar-refractivity contribution in [3.05, 3.63) is 88.5 Å². The Labute approximate surface area is 217 Å². The van der Waals surface area contributed by atoms with E-state index in [1.807, 2.05) is 0 Å². The summed E-state index contributed by atoms with van der Waals surface area (Å²) in [7, 11) is 0. The molecule has 0 atom stereocenters. The largest absolute Gasteiger partial charge is 0.275 e. The molecule has 0 unspecified atom stereocenters. The van der Waals surface area contributed by atoms with Crippen LogP contribution < -0.4 is 0 Å². The molecule has 0 spiro atoms. The van der Waals surface area contributed by atoms with Gasteiger partial charge in [-0.15, -0.1) is 10.2 Å². The third kappa shape index (κ3) is 5.78. The van der Waals surface area contributed by atoms with E-state index in [0.29, 0.717) is 0 Å². The fourth-order valence-corrected chi connectivity index (χ4v) is 5.06. The molecule has 1 heterocycles. The van der Waals surface area contributed by atoms with Gasteiger partial charge in [-0.05, 0) is 74.4 Å². The second kappa shape index (κ2) is 10.8. The highest BCUT2D eigenvalue weighted by atomic mass is 15.3. The highest BCUT2D eigenvalue weighted by Gasteiger charge is 2.25. The molecule has 0 amide bonds. The van der Waals surface area contributed by atoms with Gasteiger partial charge in [0, 0.05) is 11.1 Å². The van der Waals surface area contributed by atoms with E-state index in [2.05, 4.69) is 114 Å². The minimum absolute atomic E-state index is 0.0251. The molecule has 0 bridgehead atoms. The van der Waals surface area contributed by atoms with E-state index >= 15 is 0 Å². The minimum Gasteiger partial charge on any atom is -0.275 e. The Morgan fingerprint density at radius 3 is 2.00 bits per heavy atom. The number of benzene rings is 3. The van der Waals surface area contributed by atoms with Gasteiger partial charge >= 0.3 is 0 Å². The summed E-state index contributed by atoms with van der Waals surface area (Å²) in [6.45, 7) is 15.6. The zero-order chi connectivity index (χ0) is 25.9. The van der Waals surface area contributed by atoms with Crippen LogP contribution in [0.4, 0.5) is 0 Å². The van der Waals surface area contributed by atoms with Crippen LogP contribution in [-0.4, -0.2) is 14.8 Å². The van der Waals surface area contributed by atoms with E-state index in [4.69, 9.17) is 10.2 Å². The van der Waals surface area contributed by atoms with Crippen molar-refractivity contribution in [2.45, 2.75) is 86.0 Å². The molecular weight excluding hydrogens is 438 g/mol. The van der Waals surface area contributed by atoms with E-state index in [1.165, 1.54) is 53.5 Å². The summed E-state index contributed by atoms with van der Waals surface area (Å²) >= 11 is 0. The maximum absolute atomic E-state index is 4.78. The lowest BCUT2D eigenvalue weighted by atomic mass is 9.84. The molecule has 0 fully saturated rings. The molecule has 0 saturated heterocycles. The van der Waals surface area contributed by atoms with Crippen LogP contribution in [0.2, 0.25) is 0 Å². The number of unbranched alkanes of at least 4 members (excludes halogenated alkanes) is 3. The van der Waals surface area contributed by atoms with Crippen molar-refractivity contribution in [1.82, 2.24) is 14.8 Å². The van der Waals surface area contributed by atoms with Crippen LogP contribution in [-0.2, 0) is 11.8 Å². The maximum Gasteiger partial charge on any atom is 0.168 e. The molecule has 4 rings (SSSR count). The van der Waals surface area contributed by atoms with Gasteiger partial charge in [0.1, 0.15) is 0 Å². The van der Waals surface area contributed by atoms with Crippen molar-refractivity contribution in [3.8, 4) is 28.5 Å². The van der Waals surface area contributed by atoms with Crippen LogP contribution in [0.15, 0.2) is 60.7 Å². The number of hydrogen-bond donors (Lipinski definition) is 0. The minimum atomic E-state index is -0.0251. The van der Waals surface area contributed by atoms with Crippen LogP contribution >= 0.6 is 0 Å². The Balaban J connectivity index is 1.93. The summed E-state index contributed by atoms with van der Waals surface area (Å²) in [5.41, 5.74) is 9.74. The van der Waals surface area contributed by atoms with Gasteiger partial charge in [-0.3, -0.25) is 4.57 Å². The zero-order valence-electron chi connectivity index (χ0n) is 23.2. The van der Waals surface area contributed by atoms with Crippen LogP contribution in [0.1, 0.15) is 81.2 Å². The van der Waals surface area contributed by atoms with Crippen molar-refractivity contribution in [2.75, 3.05) is 0 Å². The smallest absolute Gasteiger partial charge is 0.168 e. The lowest BCUT2D eigenvalue weighted by Crippen LogP contribution is -2.17. The highest BCUT2D eigenvalue weighted by Crippen LogP contribution is 2.36. The SMILES string of the molecule is CCCCCCc1ccc(-n2c(-c3cccc(C)c3)nnc2-c2cc(C)cc(C)c2)c(C(C)(C)C)c1. The van der Waals surface area contributed by atoms with Gasteiger partial charge in [0.2, 0.25) is 0 Å².